The molecule has 0 radical (unpaired) electrons. The number of hydrogen-bond acceptors (Lipinski definition) is 5. The second-order valence-corrected chi connectivity index (χ2v) is 6.51. The van der Waals surface area contributed by atoms with Crippen molar-refractivity contribution in [3.05, 3.63) is 23.9 Å². The van der Waals surface area contributed by atoms with Gasteiger partial charge in [-0.2, -0.15) is 0 Å². The summed E-state index contributed by atoms with van der Waals surface area (Å²) in [6, 6.07) is 4.41. The Kier molecular flexibility index (Phi) is 5.08. The summed E-state index contributed by atoms with van der Waals surface area (Å²) in [6.07, 6.45) is 1.72. The van der Waals surface area contributed by atoms with Gasteiger partial charge >= 0.3 is 12.1 Å². The molecule has 0 spiro atoms. The number of carbonyl (C=O) groups is 2. The highest BCUT2D eigenvalue weighted by Crippen LogP contribution is 2.24. The molecule has 0 aromatic carbocycles. The SMILES string of the molecule is CC(C)(C)OC(=O)NC1CCCC1Oc1cccc(C(=O)O)n1. The van der Waals surface area contributed by atoms with Crippen LogP contribution in [0, 0.1) is 0 Å². The van der Waals surface area contributed by atoms with E-state index in [1.165, 1.54) is 6.07 Å². The largest absolute Gasteiger partial charge is 0.477 e. The molecule has 2 atom stereocenters. The lowest BCUT2D eigenvalue weighted by Crippen LogP contribution is -2.44. The molecule has 1 aromatic rings. The average molecular weight is 322 g/mol. The maximum absolute atomic E-state index is 11.9. The number of carbonyl (C=O) groups excluding carboxylic acids is 1. The molecule has 0 bridgehead atoms. The fourth-order valence-electron chi connectivity index (χ4n) is 2.45. The quantitative estimate of drug-likeness (QED) is 0.884. The van der Waals surface area contributed by atoms with Crippen LogP contribution < -0.4 is 10.1 Å². The molecule has 1 amide bonds. The maximum atomic E-state index is 11.9. The lowest BCUT2D eigenvalue weighted by atomic mass is 10.2. The van der Waals surface area contributed by atoms with Gasteiger partial charge in [-0.1, -0.05) is 6.07 Å². The van der Waals surface area contributed by atoms with Crippen LogP contribution in [0.25, 0.3) is 0 Å². The first-order valence-corrected chi connectivity index (χ1v) is 7.61. The molecular formula is C16H22N2O5. The Morgan fingerprint density at radius 1 is 1.30 bits per heavy atom. The van der Waals surface area contributed by atoms with E-state index >= 15 is 0 Å². The van der Waals surface area contributed by atoms with E-state index in [9.17, 15) is 9.59 Å². The number of aromatic carboxylic acids is 1. The van der Waals surface area contributed by atoms with Gasteiger partial charge in [-0.15, -0.1) is 0 Å². The van der Waals surface area contributed by atoms with E-state index in [-0.39, 0.29) is 23.7 Å². The molecule has 0 aliphatic heterocycles. The van der Waals surface area contributed by atoms with Gasteiger partial charge in [0.15, 0.2) is 5.69 Å². The number of carboxylic acids is 1. The van der Waals surface area contributed by atoms with E-state index in [0.29, 0.717) is 0 Å². The maximum Gasteiger partial charge on any atom is 0.408 e. The number of rotatable bonds is 4. The summed E-state index contributed by atoms with van der Waals surface area (Å²) in [6.45, 7) is 5.41. The zero-order valence-corrected chi connectivity index (χ0v) is 13.5. The van der Waals surface area contributed by atoms with Crippen LogP contribution in [0.5, 0.6) is 5.88 Å². The third-order valence-corrected chi connectivity index (χ3v) is 3.37. The highest BCUT2D eigenvalue weighted by Gasteiger charge is 2.32. The highest BCUT2D eigenvalue weighted by atomic mass is 16.6. The molecule has 1 saturated carbocycles. The van der Waals surface area contributed by atoms with Crippen LogP contribution in [-0.4, -0.2) is 39.9 Å². The van der Waals surface area contributed by atoms with Crippen molar-refractivity contribution in [3.8, 4) is 5.88 Å². The van der Waals surface area contributed by atoms with Crippen molar-refractivity contribution in [1.29, 1.82) is 0 Å². The van der Waals surface area contributed by atoms with Crippen molar-refractivity contribution in [2.75, 3.05) is 0 Å². The van der Waals surface area contributed by atoms with Gasteiger partial charge < -0.3 is 19.9 Å². The minimum Gasteiger partial charge on any atom is -0.477 e. The normalized spacial score (nSPS) is 20.8. The summed E-state index contributed by atoms with van der Waals surface area (Å²) in [5.41, 5.74) is -0.631. The molecule has 7 heteroatoms. The minimum atomic E-state index is -1.11. The van der Waals surface area contributed by atoms with Crippen molar-refractivity contribution in [3.63, 3.8) is 0 Å². The zero-order valence-electron chi connectivity index (χ0n) is 13.5. The molecule has 2 N–H and O–H groups in total. The van der Waals surface area contributed by atoms with Crippen LogP contribution in [-0.2, 0) is 4.74 Å². The van der Waals surface area contributed by atoms with Gasteiger partial charge in [-0.05, 0) is 46.1 Å². The van der Waals surface area contributed by atoms with Crippen LogP contribution in [0.3, 0.4) is 0 Å². The number of alkyl carbamates (subject to hydrolysis) is 1. The lowest BCUT2D eigenvalue weighted by molar-refractivity contribution is 0.0462. The first kappa shape index (κ1) is 17.1. The summed E-state index contributed by atoms with van der Waals surface area (Å²) in [5, 5.41) is 11.8. The van der Waals surface area contributed by atoms with Gasteiger partial charge in [0.2, 0.25) is 5.88 Å². The molecule has 1 aliphatic rings. The van der Waals surface area contributed by atoms with Gasteiger partial charge in [0.25, 0.3) is 0 Å². The topological polar surface area (TPSA) is 97.8 Å². The number of ether oxygens (including phenoxy) is 2. The monoisotopic (exact) mass is 322 g/mol. The molecule has 1 fully saturated rings. The van der Waals surface area contributed by atoms with Gasteiger partial charge in [0.05, 0.1) is 6.04 Å². The standard InChI is InChI=1S/C16H22N2O5/c1-16(2,3)23-15(21)18-10-6-4-8-12(10)22-13-9-5-7-11(17-13)14(19)20/h5,7,9-10,12H,4,6,8H2,1-3H3,(H,18,21)(H,19,20). The van der Waals surface area contributed by atoms with Crippen molar-refractivity contribution >= 4 is 12.1 Å². The molecular weight excluding hydrogens is 300 g/mol. The van der Waals surface area contributed by atoms with Crippen molar-refractivity contribution in [2.24, 2.45) is 0 Å². The van der Waals surface area contributed by atoms with Crippen molar-refractivity contribution in [2.45, 2.75) is 57.8 Å². The summed E-state index contributed by atoms with van der Waals surface area (Å²) >= 11 is 0. The van der Waals surface area contributed by atoms with Crippen LogP contribution in [0.4, 0.5) is 4.79 Å². The number of amides is 1. The van der Waals surface area contributed by atoms with E-state index in [4.69, 9.17) is 14.6 Å². The second-order valence-electron chi connectivity index (χ2n) is 6.51. The van der Waals surface area contributed by atoms with Gasteiger partial charge in [0.1, 0.15) is 11.7 Å². The van der Waals surface area contributed by atoms with E-state index in [1.54, 1.807) is 32.9 Å². The van der Waals surface area contributed by atoms with Crippen LogP contribution in [0.2, 0.25) is 0 Å². The van der Waals surface area contributed by atoms with Gasteiger partial charge in [0, 0.05) is 6.07 Å². The fourth-order valence-corrected chi connectivity index (χ4v) is 2.45. The number of nitrogens with one attached hydrogen (secondary N) is 1. The molecule has 7 nitrogen and oxygen atoms in total. The second kappa shape index (κ2) is 6.85. The predicted molar refractivity (Wildman–Crippen MR) is 82.6 cm³/mol. The van der Waals surface area contributed by atoms with Gasteiger partial charge in [-0.25, -0.2) is 14.6 Å². The number of carboxylic acid groups (broad SMARTS) is 1. The van der Waals surface area contributed by atoms with Gasteiger partial charge in [-0.3, -0.25) is 0 Å². The van der Waals surface area contributed by atoms with Crippen LogP contribution in [0.1, 0.15) is 50.5 Å². The van der Waals surface area contributed by atoms with Crippen molar-refractivity contribution < 1.29 is 24.2 Å². The van der Waals surface area contributed by atoms with Crippen LogP contribution >= 0.6 is 0 Å². The third kappa shape index (κ3) is 5.12. The number of aromatic nitrogens is 1. The fraction of sp³-hybridized carbons (Fsp3) is 0.562. The Bertz CT molecular complexity index is 582. The number of nitrogens with zero attached hydrogens (tertiary/aromatic N) is 1. The Labute approximate surface area is 135 Å². The predicted octanol–water partition coefficient (Wildman–Crippen LogP) is 2.60. The summed E-state index contributed by atoms with van der Waals surface area (Å²) in [7, 11) is 0. The number of pyridine rings is 1. The Hall–Kier alpha value is -2.31. The molecule has 126 valence electrons. The van der Waals surface area contributed by atoms with E-state index in [0.717, 1.165) is 19.3 Å². The Balaban J connectivity index is 1.98. The smallest absolute Gasteiger partial charge is 0.408 e. The highest BCUT2D eigenvalue weighted by molar-refractivity contribution is 5.85. The lowest BCUT2D eigenvalue weighted by Gasteiger charge is -2.25. The summed E-state index contributed by atoms with van der Waals surface area (Å²) in [4.78, 5) is 26.8. The Morgan fingerprint density at radius 3 is 2.70 bits per heavy atom. The van der Waals surface area contributed by atoms with Crippen LogP contribution in [0.15, 0.2) is 18.2 Å². The molecule has 23 heavy (non-hydrogen) atoms. The summed E-state index contributed by atoms with van der Waals surface area (Å²) in [5.74, 6) is -0.863. The first-order chi connectivity index (χ1) is 10.7. The minimum absolute atomic E-state index is 0.0721. The molecule has 1 aromatic heterocycles. The summed E-state index contributed by atoms with van der Waals surface area (Å²) < 4.78 is 11.0. The molecule has 2 unspecified atom stereocenters. The van der Waals surface area contributed by atoms with E-state index in [1.807, 2.05) is 0 Å². The molecule has 1 heterocycles. The van der Waals surface area contributed by atoms with Crippen molar-refractivity contribution in [1.82, 2.24) is 10.3 Å². The molecule has 1 aliphatic carbocycles. The molecule has 2 rings (SSSR count). The number of hydrogen-bond donors (Lipinski definition) is 2. The molecule has 0 saturated heterocycles. The first-order valence-electron chi connectivity index (χ1n) is 7.61. The van der Waals surface area contributed by atoms with E-state index in [2.05, 4.69) is 10.3 Å². The van der Waals surface area contributed by atoms with E-state index < -0.39 is 17.7 Å². The zero-order chi connectivity index (χ0) is 17.0. The Morgan fingerprint density at radius 2 is 2.04 bits per heavy atom. The average Bonchev–Trinajstić information content (AvgIpc) is 2.84. The third-order valence-electron chi connectivity index (χ3n) is 3.37.